The van der Waals surface area contributed by atoms with Crippen molar-refractivity contribution in [1.82, 2.24) is 4.98 Å². The van der Waals surface area contributed by atoms with Crippen LogP contribution in [0.5, 0.6) is 5.88 Å². The maximum atomic E-state index is 5.81. The fraction of sp³-hybridized carbons (Fsp3) is 0.583. The Morgan fingerprint density at radius 3 is 2.88 bits per heavy atom. The minimum absolute atomic E-state index is 0.387. The predicted molar refractivity (Wildman–Crippen MR) is 72.7 cm³/mol. The molecule has 5 heteroatoms. The van der Waals surface area contributed by atoms with Crippen molar-refractivity contribution >= 4 is 27.5 Å². The second-order valence-corrected chi connectivity index (χ2v) is 4.75. The van der Waals surface area contributed by atoms with E-state index in [-0.39, 0.29) is 0 Å². The fourth-order valence-electron chi connectivity index (χ4n) is 1.24. The lowest BCUT2D eigenvalue weighted by Crippen LogP contribution is -2.09. The molecule has 0 spiro atoms. The molecule has 0 N–H and O–H groups in total. The average molecular weight is 323 g/mol. The summed E-state index contributed by atoms with van der Waals surface area (Å²) in [5, 5.41) is 0. The maximum Gasteiger partial charge on any atom is 0.217 e. The number of pyridine rings is 1. The first-order valence-electron chi connectivity index (χ1n) is 5.68. The Morgan fingerprint density at radius 1 is 1.35 bits per heavy atom. The quantitative estimate of drug-likeness (QED) is 0.539. The predicted octanol–water partition coefficient (Wildman–Crippen LogP) is 3.78. The minimum atomic E-state index is 0.387. The summed E-state index contributed by atoms with van der Waals surface area (Å²) in [5.41, 5.74) is 0.884. The number of aromatic nitrogens is 1. The van der Waals surface area contributed by atoms with Crippen molar-refractivity contribution < 1.29 is 9.47 Å². The van der Waals surface area contributed by atoms with Gasteiger partial charge in [-0.25, -0.2) is 4.98 Å². The zero-order chi connectivity index (χ0) is 12.5. The van der Waals surface area contributed by atoms with Crippen LogP contribution in [0.15, 0.2) is 16.7 Å². The standard InChI is InChI=1S/C12H17BrClNO2/c1-2-3-4-16-5-6-17-12-10(8-14)7-11(13)9-15-12/h7,9H,2-6,8H2,1H3. The van der Waals surface area contributed by atoms with E-state index in [2.05, 4.69) is 27.8 Å². The Labute approximate surface area is 116 Å². The summed E-state index contributed by atoms with van der Waals surface area (Å²) in [5.74, 6) is 0.973. The van der Waals surface area contributed by atoms with Gasteiger partial charge in [0.05, 0.1) is 12.5 Å². The highest BCUT2D eigenvalue weighted by Gasteiger charge is 2.05. The minimum Gasteiger partial charge on any atom is -0.475 e. The van der Waals surface area contributed by atoms with Crippen molar-refractivity contribution in [2.75, 3.05) is 19.8 Å². The number of ether oxygens (including phenoxy) is 2. The molecule has 0 saturated heterocycles. The first kappa shape index (κ1) is 14.7. The number of alkyl halides is 1. The largest absolute Gasteiger partial charge is 0.475 e. The molecule has 0 aromatic carbocycles. The summed E-state index contributed by atoms with van der Waals surface area (Å²) in [4.78, 5) is 4.17. The molecule has 1 aromatic heterocycles. The van der Waals surface area contributed by atoms with Crippen LogP contribution in [-0.2, 0) is 10.6 Å². The van der Waals surface area contributed by atoms with Crippen LogP contribution in [0.4, 0.5) is 0 Å². The summed E-state index contributed by atoms with van der Waals surface area (Å²) in [6.07, 6.45) is 3.93. The summed E-state index contributed by atoms with van der Waals surface area (Å²) in [6, 6.07) is 1.91. The van der Waals surface area contributed by atoms with E-state index in [4.69, 9.17) is 21.1 Å². The Bertz CT molecular complexity index is 336. The molecule has 0 radical (unpaired) electrons. The van der Waals surface area contributed by atoms with E-state index in [1.807, 2.05) is 6.07 Å². The van der Waals surface area contributed by atoms with Crippen LogP contribution >= 0.6 is 27.5 Å². The molecule has 0 aliphatic rings. The highest BCUT2D eigenvalue weighted by Crippen LogP contribution is 2.21. The lowest BCUT2D eigenvalue weighted by atomic mass is 10.3. The van der Waals surface area contributed by atoms with Gasteiger partial charge in [-0.3, -0.25) is 0 Å². The fourth-order valence-corrected chi connectivity index (χ4v) is 1.81. The van der Waals surface area contributed by atoms with Gasteiger partial charge in [0.1, 0.15) is 6.61 Å². The molecule has 0 unspecified atom stereocenters. The van der Waals surface area contributed by atoms with Crippen molar-refractivity contribution in [3.63, 3.8) is 0 Å². The summed E-state index contributed by atoms with van der Waals surface area (Å²) >= 11 is 9.16. The zero-order valence-electron chi connectivity index (χ0n) is 9.92. The lowest BCUT2D eigenvalue weighted by molar-refractivity contribution is 0.0962. The van der Waals surface area contributed by atoms with Gasteiger partial charge in [-0.2, -0.15) is 0 Å². The van der Waals surface area contributed by atoms with Gasteiger partial charge >= 0.3 is 0 Å². The third-order valence-corrected chi connectivity index (χ3v) is 2.87. The first-order valence-corrected chi connectivity index (χ1v) is 7.01. The van der Waals surface area contributed by atoms with Crippen molar-refractivity contribution in [2.24, 2.45) is 0 Å². The molecule has 96 valence electrons. The normalized spacial score (nSPS) is 10.5. The van der Waals surface area contributed by atoms with Crippen molar-refractivity contribution in [1.29, 1.82) is 0 Å². The van der Waals surface area contributed by atoms with Crippen LogP contribution < -0.4 is 4.74 Å². The Kier molecular flexibility index (Phi) is 7.56. The molecule has 0 fully saturated rings. The molecular weight excluding hydrogens is 305 g/mol. The van der Waals surface area contributed by atoms with Gasteiger partial charge in [0.15, 0.2) is 0 Å². The Balaban J connectivity index is 2.31. The number of nitrogens with zero attached hydrogens (tertiary/aromatic N) is 1. The van der Waals surface area contributed by atoms with E-state index in [0.29, 0.717) is 25.0 Å². The van der Waals surface area contributed by atoms with E-state index in [1.54, 1.807) is 6.20 Å². The third kappa shape index (κ3) is 5.70. The SMILES string of the molecule is CCCCOCCOc1ncc(Br)cc1CCl. The molecule has 0 saturated carbocycles. The molecule has 1 aromatic rings. The van der Waals surface area contributed by atoms with Gasteiger partial charge in [0, 0.05) is 22.8 Å². The topological polar surface area (TPSA) is 31.4 Å². The summed E-state index contributed by atoms with van der Waals surface area (Å²) < 4.78 is 11.8. The molecule has 1 rings (SSSR count). The number of hydrogen-bond donors (Lipinski definition) is 0. The van der Waals surface area contributed by atoms with Crippen molar-refractivity contribution in [3.8, 4) is 5.88 Å². The molecule has 0 aliphatic carbocycles. The molecular formula is C12H17BrClNO2. The Morgan fingerprint density at radius 2 is 2.18 bits per heavy atom. The van der Waals surface area contributed by atoms with E-state index in [0.717, 1.165) is 29.5 Å². The monoisotopic (exact) mass is 321 g/mol. The highest BCUT2D eigenvalue weighted by molar-refractivity contribution is 9.10. The van der Waals surface area contributed by atoms with E-state index in [1.165, 1.54) is 0 Å². The van der Waals surface area contributed by atoms with Crippen LogP contribution in [0, 0.1) is 0 Å². The Hall–Kier alpha value is -0.320. The van der Waals surface area contributed by atoms with Crippen LogP contribution in [-0.4, -0.2) is 24.8 Å². The van der Waals surface area contributed by atoms with Gasteiger partial charge in [-0.15, -0.1) is 11.6 Å². The lowest BCUT2D eigenvalue weighted by Gasteiger charge is -2.09. The highest BCUT2D eigenvalue weighted by atomic mass is 79.9. The van der Waals surface area contributed by atoms with Gasteiger partial charge in [0.2, 0.25) is 5.88 Å². The summed E-state index contributed by atoms with van der Waals surface area (Å²) in [6.45, 7) is 4.01. The van der Waals surface area contributed by atoms with E-state index < -0.39 is 0 Å². The van der Waals surface area contributed by atoms with Gasteiger partial charge in [-0.05, 0) is 28.4 Å². The van der Waals surface area contributed by atoms with E-state index in [9.17, 15) is 0 Å². The van der Waals surface area contributed by atoms with Crippen LogP contribution in [0.2, 0.25) is 0 Å². The van der Waals surface area contributed by atoms with Crippen LogP contribution in [0.1, 0.15) is 25.3 Å². The van der Waals surface area contributed by atoms with E-state index >= 15 is 0 Å². The molecule has 0 bridgehead atoms. The van der Waals surface area contributed by atoms with Crippen LogP contribution in [0.25, 0.3) is 0 Å². The molecule has 1 heterocycles. The number of rotatable bonds is 8. The number of halogens is 2. The first-order chi connectivity index (χ1) is 8.27. The van der Waals surface area contributed by atoms with Crippen molar-refractivity contribution in [2.45, 2.75) is 25.6 Å². The third-order valence-electron chi connectivity index (χ3n) is 2.14. The van der Waals surface area contributed by atoms with Crippen LogP contribution in [0.3, 0.4) is 0 Å². The number of unbranched alkanes of at least 4 members (excludes halogenated alkanes) is 1. The molecule has 0 atom stereocenters. The van der Waals surface area contributed by atoms with Gasteiger partial charge in [0.25, 0.3) is 0 Å². The average Bonchev–Trinajstić information content (AvgIpc) is 2.35. The second kappa shape index (κ2) is 8.72. The molecule has 17 heavy (non-hydrogen) atoms. The molecule has 0 aliphatic heterocycles. The van der Waals surface area contributed by atoms with Crippen molar-refractivity contribution in [3.05, 3.63) is 22.3 Å². The molecule has 0 amide bonds. The molecule has 3 nitrogen and oxygen atoms in total. The van der Waals surface area contributed by atoms with Gasteiger partial charge < -0.3 is 9.47 Å². The number of hydrogen-bond acceptors (Lipinski definition) is 3. The maximum absolute atomic E-state index is 5.81. The summed E-state index contributed by atoms with van der Waals surface area (Å²) in [7, 11) is 0. The van der Waals surface area contributed by atoms with Gasteiger partial charge in [-0.1, -0.05) is 13.3 Å². The zero-order valence-corrected chi connectivity index (χ0v) is 12.3. The smallest absolute Gasteiger partial charge is 0.217 e. The second-order valence-electron chi connectivity index (χ2n) is 3.57.